The third-order valence-corrected chi connectivity index (χ3v) is 4.02. The molecule has 132 valence electrons. The Morgan fingerprint density at radius 1 is 1.08 bits per heavy atom. The van der Waals surface area contributed by atoms with Gasteiger partial charge in [0.2, 0.25) is 0 Å². The summed E-state index contributed by atoms with van der Waals surface area (Å²) in [5.74, 6) is 2.22. The standard InChI is InChI=1S/C20H23NO4/c1-14(2)20(15-8-9-17-18(12-15)24-11-10-23-17)21-19(22)13-25-16-6-4-3-5-7-16/h3-9,12,14,20H,10-11,13H2,1-2H3,(H,21,22)/t20-/m0/s1. The van der Waals surface area contributed by atoms with Gasteiger partial charge in [-0.3, -0.25) is 4.79 Å². The van der Waals surface area contributed by atoms with Crippen LogP contribution in [0.5, 0.6) is 17.2 Å². The zero-order chi connectivity index (χ0) is 17.6. The van der Waals surface area contributed by atoms with Crippen LogP contribution < -0.4 is 19.5 Å². The minimum absolute atomic E-state index is 0.0161. The Morgan fingerprint density at radius 2 is 1.80 bits per heavy atom. The Hall–Kier alpha value is -2.69. The van der Waals surface area contributed by atoms with E-state index in [9.17, 15) is 4.79 Å². The van der Waals surface area contributed by atoms with Gasteiger partial charge in [-0.25, -0.2) is 0 Å². The maximum absolute atomic E-state index is 12.3. The van der Waals surface area contributed by atoms with E-state index in [2.05, 4.69) is 19.2 Å². The van der Waals surface area contributed by atoms with Crippen LogP contribution in [0.25, 0.3) is 0 Å². The summed E-state index contributed by atoms with van der Waals surface area (Å²) in [4.78, 5) is 12.3. The Kier molecular flexibility index (Phi) is 5.43. The van der Waals surface area contributed by atoms with Gasteiger partial charge >= 0.3 is 0 Å². The first-order valence-electron chi connectivity index (χ1n) is 8.50. The van der Waals surface area contributed by atoms with E-state index in [4.69, 9.17) is 14.2 Å². The molecule has 0 saturated heterocycles. The molecule has 1 amide bonds. The molecule has 0 spiro atoms. The van der Waals surface area contributed by atoms with Crippen molar-refractivity contribution in [1.29, 1.82) is 0 Å². The lowest BCUT2D eigenvalue weighted by Crippen LogP contribution is -2.35. The summed E-state index contributed by atoms with van der Waals surface area (Å²) < 4.78 is 16.7. The molecule has 0 aromatic heterocycles. The van der Waals surface area contributed by atoms with E-state index in [-0.39, 0.29) is 24.5 Å². The molecule has 1 aliphatic rings. The van der Waals surface area contributed by atoms with E-state index in [1.54, 1.807) is 0 Å². The largest absolute Gasteiger partial charge is 0.486 e. The van der Waals surface area contributed by atoms with Crippen molar-refractivity contribution in [3.63, 3.8) is 0 Å². The second-order valence-corrected chi connectivity index (χ2v) is 6.29. The number of hydrogen-bond acceptors (Lipinski definition) is 4. The van der Waals surface area contributed by atoms with Crippen LogP contribution >= 0.6 is 0 Å². The lowest BCUT2D eigenvalue weighted by Gasteiger charge is -2.25. The molecule has 1 N–H and O–H groups in total. The second-order valence-electron chi connectivity index (χ2n) is 6.29. The van der Waals surface area contributed by atoms with Crippen LogP contribution in [0, 0.1) is 5.92 Å². The Balaban J connectivity index is 1.65. The summed E-state index contributed by atoms with van der Waals surface area (Å²) in [5, 5.41) is 3.05. The number of amides is 1. The van der Waals surface area contributed by atoms with Gasteiger partial charge in [-0.1, -0.05) is 38.1 Å². The molecule has 1 heterocycles. The second kappa shape index (κ2) is 7.92. The number of benzene rings is 2. The van der Waals surface area contributed by atoms with Crippen molar-refractivity contribution in [3.8, 4) is 17.2 Å². The number of ether oxygens (including phenoxy) is 3. The van der Waals surface area contributed by atoms with E-state index >= 15 is 0 Å². The summed E-state index contributed by atoms with van der Waals surface area (Å²) in [6.45, 7) is 5.23. The summed E-state index contributed by atoms with van der Waals surface area (Å²) in [6, 6.07) is 15.0. The maximum atomic E-state index is 12.3. The van der Waals surface area contributed by atoms with E-state index in [0.717, 1.165) is 17.1 Å². The van der Waals surface area contributed by atoms with Crippen molar-refractivity contribution in [2.24, 2.45) is 5.92 Å². The van der Waals surface area contributed by atoms with E-state index < -0.39 is 0 Å². The number of carbonyl (C=O) groups excluding carboxylic acids is 1. The average Bonchev–Trinajstić information content (AvgIpc) is 2.64. The van der Waals surface area contributed by atoms with Crippen LogP contribution in [0.3, 0.4) is 0 Å². The Morgan fingerprint density at radius 3 is 2.52 bits per heavy atom. The van der Waals surface area contributed by atoms with E-state index in [1.165, 1.54) is 0 Å². The first kappa shape index (κ1) is 17.1. The van der Waals surface area contributed by atoms with Gasteiger partial charge in [-0.2, -0.15) is 0 Å². The molecule has 3 rings (SSSR count). The van der Waals surface area contributed by atoms with Crippen LogP contribution in [0.4, 0.5) is 0 Å². The molecule has 5 nitrogen and oxygen atoms in total. The predicted octanol–water partition coefficient (Wildman–Crippen LogP) is 3.35. The third-order valence-electron chi connectivity index (χ3n) is 4.02. The van der Waals surface area contributed by atoms with Crippen molar-refractivity contribution < 1.29 is 19.0 Å². The summed E-state index contributed by atoms with van der Waals surface area (Å²) >= 11 is 0. The van der Waals surface area contributed by atoms with Crippen LogP contribution in [0.1, 0.15) is 25.5 Å². The molecule has 0 fully saturated rings. The fraction of sp³-hybridized carbons (Fsp3) is 0.350. The fourth-order valence-electron chi connectivity index (χ4n) is 2.77. The van der Waals surface area contributed by atoms with Gasteiger partial charge < -0.3 is 19.5 Å². The molecule has 1 atom stereocenters. The highest BCUT2D eigenvalue weighted by Gasteiger charge is 2.21. The van der Waals surface area contributed by atoms with Gasteiger partial charge in [-0.05, 0) is 35.7 Å². The molecule has 0 aliphatic carbocycles. The SMILES string of the molecule is CC(C)[C@H](NC(=O)COc1ccccc1)c1ccc2c(c1)OCCO2. The van der Waals surface area contributed by atoms with Crippen molar-refractivity contribution in [2.75, 3.05) is 19.8 Å². The third kappa shape index (κ3) is 4.44. The molecular formula is C20H23NO4. The first-order chi connectivity index (χ1) is 12.1. The van der Waals surface area contributed by atoms with Crippen LogP contribution in [0.2, 0.25) is 0 Å². The smallest absolute Gasteiger partial charge is 0.258 e. The van der Waals surface area contributed by atoms with Gasteiger partial charge in [0.1, 0.15) is 19.0 Å². The zero-order valence-corrected chi connectivity index (χ0v) is 14.5. The fourth-order valence-corrected chi connectivity index (χ4v) is 2.77. The number of para-hydroxylation sites is 1. The predicted molar refractivity (Wildman–Crippen MR) is 95.1 cm³/mol. The summed E-state index contributed by atoms with van der Waals surface area (Å²) in [6.07, 6.45) is 0. The Bertz CT molecular complexity index is 715. The topological polar surface area (TPSA) is 56.8 Å². The number of nitrogens with one attached hydrogen (secondary N) is 1. The first-order valence-corrected chi connectivity index (χ1v) is 8.50. The van der Waals surface area contributed by atoms with Crippen molar-refractivity contribution >= 4 is 5.91 Å². The number of hydrogen-bond donors (Lipinski definition) is 1. The maximum Gasteiger partial charge on any atom is 0.258 e. The van der Waals surface area contributed by atoms with Crippen molar-refractivity contribution in [1.82, 2.24) is 5.32 Å². The van der Waals surface area contributed by atoms with Gasteiger partial charge in [0, 0.05) is 0 Å². The molecule has 2 aromatic rings. The Labute approximate surface area is 147 Å². The molecule has 0 saturated carbocycles. The highest BCUT2D eigenvalue weighted by atomic mass is 16.6. The van der Waals surface area contributed by atoms with Crippen LogP contribution in [0.15, 0.2) is 48.5 Å². The van der Waals surface area contributed by atoms with Crippen LogP contribution in [-0.2, 0) is 4.79 Å². The van der Waals surface area contributed by atoms with Crippen LogP contribution in [-0.4, -0.2) is 25.7 Å². The van der Waals surface area contributed by atoms with E-state index in [0.29, 0.717) is 19.0 Å². The quantitative estimate of drug-likeness (QED) is 0.875. The minimum atomic E-state index is -0.155. The van der Waals surface area contributed by atoms with Crippen molar-refractivity contribution in [2.45, 2.75) is 19.9 Å². The van der Waals surface area contributed by atoms with E-state index in [1.807, 2.05) is 48.5 Å². The molecule has 0 radical (unpaired) electrons. The lowest BCUT2D eigenvalue weighted by molar-refractivity contribution is -0.124. The molecule has 25 heavy (non-hydrogen) atoms. The molecular weight excluding hydrogens is 318 g/mol. The summed E-state index contributed by atoms with van der Waals surface area (Å²) in [7, 11) is 0. The van der Waals surface area contributed by atoms with Crippen molar-refractivity contribution in [3.05, 3.63) is 54.1 Å². The lowest BCUT2D eigenvalue weighted by atomic mass is 9.95. The molecule has 0 unspecified atom stereocenters. The zero-order valence-electron chi connectivity index (χ0n) is 14.5. The number of rotatable bonds is 6. The average molecular weight is 341 g/mol. The molecule has 5 heteroatoms. The van der Waals surface area contributed by atoms with Gasteiger partial charge in [0.15, 0.2) is 18.1 Å². The molecule has 0 bridgehead atoms. The highest BCUT2D eigenvalue weighted by Crippen LogP contribution is 2.34. The number of carbonyl (C=O) groups is 1. The van der Waals surface area contributed by atoms with Gasteiger partial charge in [-0.15, -0.1) is 0 Å². The molecule has 1 aliphatic heterocycles. The monoisotopic (exact) mass is 341 g/mol. The minimum Gasteiger partial charge on any atom is -0.486 e. The van der Waals surface area contributed by atoms with Gasteiger partial charge in [0.05, 0.1) is 6.04 Å². The number of fused-ring (bicyclic) bond motifs is 1. The summed E-state index contributed by atoms with van der Waals surface area (Å²) in [5.41, 5.74) is 0.993. The normalized spacial score (nSPS) is 14.0. The highest BCUT2D eigenvalue weighted by molar-refractivity contribution is 5.78. The molecule has 2 aromatic carbocycles. The van der Waals surface area contributed by atoms with Gasteiger partial charge in [0.25, 0.3) is 5.91 Å².